The van der Waals surface area contributed by atoms with Crippen LogP contribution >= 0.6 is 11.8 Å². The number of pyridine rings is 1. The monoisotopic (exact) mass is 267 g/mol. The van der Waals surface area contributed by atoms with Crippen LogP contribution in [-0.4, -0.2) is 39.2 Å². The Hall–Kier alpha value is -1.28. The number of aliphatic hydroxyl groups is 1. The van der Waals surface area contributed by atoms with E-state index < -0.39 is 24.0 Å². The van der Waals surface area contributed by atoms with Crippen LogP contribution in [0.2, 0.25) is 0 Å². The number of halogens is 3. The number of hydrogen-bond acceptors (Lipinski definition) is 4. The zero-order valence-corrected chi connectivity index (χ0v) is 9.13. The van der Waals surface area contributed by atoms with Crippen LogP contribution in [-0.2, 0) is 0 Å². The lowest BCUT2D eigenvalue weighted by molar-refractivity contribution is -0.195. The van der Waals surface area contributed by atoms with Gasteiger partial charge in [0.25, 0.3) is 0 Å². The van der Waals surface area contributed by atoms with Crippen molar-refractivity contribution in [3.63, 3.8) is 0 Å². The summed E-state index contributed by atoms with van der Waals surface area (Å²) in [5, 5.41) is 17.4. The molecule has 1 unspecified atom stereocenters. The highest BCUT2D eigenvalue weighted by atomic mass is 32.2. The molecule has 0 fully saturated rings. The highest BCUT2D eigenvalue weighted by molar-refractivity contribution is 7.99. The maximum Gasteiger partial charge on any atom is 0.415 e. The SMILES string of the molecule is O=C(O)c1cc(SCC(O)C(F)(F)F)ccn1. The molecule has 0 radical (unpaired) electrons. The molecule has 0 spiro atoms. The van der Waals surface area contributed by atoms with Gasteiger partial charge in [0.2, 0.25) is 0 Å². The predicted octanol–water partition coefficient (Wildman–Crippen LogP) is 1.80. The fourth-order valence-electron chi connectivity index (χ4n) is 0.888. The molecule has 2 N–H and O–H groups in total. The molecule has 0 saturated heterocycles. The number of aliphatic hydroxyl groups excluding tert-OH is 1. The summed E-state index contributed by atoms with van der Waals surface area (Å²) in [6.07, 6.45) is -5.92. The predicted molar refractivity (Wildman–Crippen MR) is 54.0 cm³/mol. The van der Waals surface area contributed by atoms with Gasteiger partial charge in [0, 0.05) is 16.8 Å². The number of carboxylic acids is 1. The lowest BCUT2D eigenvalue weighted by atomic mass is 10.3. The summed E-state index contributed by atoms with van der Waals surface area (Å²) in [5.74, 6) is -1.85. The molecule has 0 aromatic carbocycles. The van der Waals surface area contributed by atoms with Crippen LogP contribution < -0.4 is 0 Å². The van der Waals surface area contributed by atoms with E-state index in [0.29, 0.717) is 16.7 Å². The van der Waals surface area contributed by atoms with Crippen LogP contribution in [0.3, 0.4) is 0 Å². The summed E-state index contributed by atoms with van der Waals surface area (Å²) in [6, 6.07) is 2.52. The zero-order chi connectivity index (χ0) is 13.1. The standard InChI is InChI=1S/C9H8F3NO3S/c10-9(11,12)7(14)4-17-5-1-2-13-6(3-5)8(15)16/h1-3,7,14H,4H2,(H,15,16). The number of nitrogens with zero attached hydrogens (tertiary/aromatic N) is 1. The van der Waals surface area contributed by atoms with Gasteiger partial charge in [0.05, 0.1) is 0 Å². The number of hydrogen-bond donors (Lipinski definition) is 2. The fraction of sp³-hybridized carbons (Fsp3) is 0.333. The van der Waals surface area contributed by atoms with Gasteiger partial charge in [-0.05, 0) is 12.1 Å². The van der Waals surface area contributed by atoms with Crippen molar-refractivity contribution in [3.8, 4) is 0 Å². The van der Waals surface area contributed by atoms with Gasteiger partial charge in [-0.2, -0.15) is 13.2 Å². The molecule has 0 saturated carbocycles. The van der Waals surface area contributed by atoms with Gasteiger partial charge in [-0.15, -0.1) is 11.8 Å². The van der Waals surface area contributed by atoms with Gasteiger partial charge in [-0.25, -0.2) is 9.78 Å². The largest absolute Gasteiger partial charge is 0.477 e. The molecular formula is C9H8F3NO3S. The van der Waals surface area contributed by atoms with Crippen LogP contribution in [0, 0.1) is 0 Å². The van der Waals surface area contributed by atoms with Crippen molar-refractivity contribution in [3.05, 3.63) is 24.0 Å². The quantitative estimate of drug-likeness (QED) is 0.814. The van der Waals surface area contributed by atoms with E-state index >= 15 is 0 Å². The third-order valence-electron chi connectivity index (χ3n) is 1.74. The summed E-state index contributed by atoms with van der Waals surface area (Å²) in [5.41, 5.74) is -0.253. The molecule has 0 aliphatic heterocycles. The molecule has 1 aromatic rings. The van der Waals surface area contributed by atoms with E-state index in [4.69, 9.17) is 10.2 Å². The van der Waals surface area contributed by atoms with Crippen molar-refractivity contribution in [2.75, 3.05) is 5.75 Å². The van der Waals surface area contributed by atoms with E-state index in [-0.39, 0.29) is 5.69 Å². The number of thioether (sulfide) groups is 1. The van der Waals surface area contributed by atoms with Crippen molar-refractivity contribution in [1.82, 2.24) is 4.98 Å². The minimum Gasteiger partial charge on any atom is -0.477 e. The smallest absolute Gasteiger partial charge is 0.415 e. The highest BCUT2D eigenvalue weighted by Gasteiger charge is 2.37. The molecule has 1 atom stereocenters. The molecule has 4 nitrogen and oxygen atoms in total. The Labute approximate surface area is 98.5 Å². The lowest BCUT2D eigenvalue weighted by Crippen LogP contribution is -2.30. The molecule has 94 valence electrons. The van der Waals surface area contributed by atoms with Crippen LogP contribution in [0.1, 0.15) is 10.5 Å². The van der Waals surface area contributed by atoms with E-state index in [9.17, 15) is 18.0 Å². The van der Waals surface area contributed by atoms with Gasteiger partial charge in [0.1, 0.15) is 5.69 Å². The molecule has 0 bridgehead atoms. The summed E-state index contributed by atoms with van der Waals surface area (Å²) in [7, 11) is 0. The van der Waals surface area contributed by atoms with Crippen LogP contribution in [0.5, 0.6) is 0 Å². The molecule has 0 aliphatic rings. The minimum atomic E-state index is -4.67. The Kier molecular flexibility index (Phi) is 4.35. The Balaban J connectivity index is 2.64. The number of carboxylic acid groups (broad SMARTS) is 1. The first-order chi connectivity index (χ1) is 7.80. The van der Waals surface area contributed by atoms with Crippen molar-refractivity contribution in [1.29, 1.82) is 0 Å². The maximum absolute atomic E-state index is 12.0. The average Bonchev–Trinajstić information content (AvgIpc) is 2.25. The molecule has 1 rings (SSSR count). The zero-order valence-electron chi connectivity index (χ0n) is 8.31. The average molecular weight is 267 g/mol. The van der Waals surface area contributed by atoms with Gasteiger partial charge in [0.15, 0.2) is 6.10 Å². The molecule has 17 heavy (non-hydrogen) atoms. The number of alkyl halides is 3. The van der Waals surface area contributed by atoms with E-state index in [0.717, 1.165) is 6.07 Å². The van der Waals surface area contributed by atoms with Gasteiger partial charge in [-0.3, -0.25) is 0 Å². The molecule has 1 heterocycles. The fourth-order valence-corrected chi connectivity index (χ4v) is 1.78. The van der Waals surface area contributed by atoms with E-state index in [1.165, 1.54) is 12.3 Å². The second-order valence-corrected chi connectivity index (χ2v) is 4.14. The highest BCUT2D eigenvalue weighted by Crippen LogP contribution is 2.26. The third kappa shape index (κ3) is 4.23. The van der Waals surface area contributed by atoms with Crippen molar-refractivity contribution in [2.45, 2.75) is 17.2 Å². The first-order valence-corrected chi connectivity index (χ1v) is 5.36. The molecule has 0 amide bonds. The number of aromatic carboxylic acids is 1. The van der Waals surface area contributed by atoms with Gasteiger partial charge >= 0.3 is 12.1 Å². The second kappa shape index (κ2) is 5.37. The number of rotatable bonds is 4. The molecule has 0 aliphatic carbocycles. The Morgan fingerprint density at radius 2 is 2.18 bits per heavy atom. The normalized spacial score (nSPS) is 13.4. The topological polar surface area (TPSA) is 70.4 Å². The van der Waals surface area contributed by atoms with Crippen LogP contribution in [0.15, 0.2) is 23.2 Å². The Morgan fingerprint density at radius 3 is 2.71 bits per heavy atom. The van der Waals surface area contributed by atoms with Crippen molar-refractivity contribution >= 4 is 17.7 Å². The van der Waals surface area contributed by atoms with Crippen molar-refractivity contribution in [2.24, 2.45) is 0 Å². The van der Waals surface area contributed by atoms with E-state index in [2.05, 4.69) is 4.98 Å². The van der Waals surface area contributed by atoms with Gasteiger partial charge < -0.3 is 10.2 Å². The first-order valence-electron chi connectivity index (χ1n) is 4.37. The maximum atomic E-state index is 12.0. The lowest BCUT2D eigenvalue weighted by Gasteiger charge is -2.13. The Bertz CT molecular complexity index is 411. The Morgan fingerprint density at radius 1 is 1.53 bits per heavy atom. The molecule has 8 heteroatoms. The summed E-state index contributed by atoms with van der Waals surface area (Å²) in [6.45, 7) is 0. The number of aromatic nitrogens is 1. The summed E-state index contributed by atoms with van der Waals surface area (Å²) >= 11 is 0.714. The number of carbonyl (C=O) groups is 1. The van der Waals surface area contributed by atoms with E-state index in [1.54, 1.807) is 0 Å². The third-order valence-corrected chi connectivity index (χ3v) is 2.81. The first kappa shape index (κ1) is 13.8. The van der Waals surface area contributed by atoms with Gasteiger partial charge in [-0.1, -0.05) is 0 Å². The van der Waals surface area contributed by atoms with Crippen LogP contribution in [0.4, 0.5) is 13.2 Å². The summed E-state index contributed by atoms with van der Waals surface area (Å²) < 4.78 is 36.0. The summed E-state index contributed by atoms with van der Waals surface area (Å²) in [4.78, 5) is 14.4. The molecular weight excluding hydrogens is 259 g/mol. The second-order valence-electron chi connectivity index (χ2n) is 3.05. The van der Waals surface area contributed by atoms with E-state index in [1.807, 2.05) is 0 Å². The van der Waals surface area contributed by atoms with Crippen LogP contribution in [0.25, 0.3) is 0 Å². The molecule has 1 aromatic heterocycles. The minimum absolute atomic E-state index is 0.253. The van der Waals surface area contributed by atoms with Crippen molar-refractivity contribution < 1.29 is 28.2 Å².